The third kappa shape index (κ3) is 4.40. The Kier molecular flexibility index (Phi) is 5.29. The molecule has 0 aromatic carbocycles. The van der Waals surface area contributed by atoms with E-state index in [0.29, 0.717) is 12.1 Å². The minimum absolute atomic E-state index is 0.273. The first kappa shape index (κ1) is 12.1. The summed E-state index contributed by atoms with van der Waals surface area (Å²) in [6, 6.07) is 4.81. The molecule has 84 valence electrons. The second kappa shape index (κ2) is 6.53. The fraction of sp³-hybridized carbons (Fsp3) is 0.583. The SMILES string of the molecule is C[C@H](CCCO)N[C@H](C)c1ccncc1. The second-order valence-corrected chi connectivity index (χ2v) is 3.94. The van der Waals surface area contributed by atoms with Crippen LogP contribution in [-0.4, -0.2) is 22.7 Å². The van der Waals surface area contributed by atoms with Crippen molar-refractivity contribution >= 4 is 0 Å². The van der Waals surface area contributed by atoms with E-state index in [2.05, 4.69) is 24.1 Å². The first-order chi connectivity index (χ1) is 7.24. The molecule has 0 aliphatic carbocycles. The normalized spacial score (nSPS) is 14.9. The Morgan fingerprint density at radius 2 is 2.00 bits per heavy atom. The van der Waals surface area contributed by atoms with Gasteiger partial charge in [0, 0.05) is 31.1 Å². The third-order valence-corrected chi connectivity index (χ3v) is 2.54. The van der Waals surface area contributed by atoms with E-state index < -0.39 is 0 Å². The minimum atomic E-state index is 0.273. The Hall–Kier alpha value is -0.930. The van der Waals surface area contributed by atoms with Crippen LogP contribution in [0.1, 0.15) is 38.3 Å². The number of nitrogens with one attached hydrogen (secondary N) is 1. The summed E-state index contributed by atoms with van der Waals surface area (Å²) in [4.78, 5) is 4.00. The zero-order valence-electron chi connectivity index (χ0n) is 9.48. The quantitative estimate of drug-likeness (QED) is 0.750. The smallest absolute Gasteiger partial charge is 0.0431 e. The van der Waals surface area contributed by atoms with Crippen molar-refractivity contribution in [2.24, 2.45) is 0 Å². The first-order valence-electron chi connectivity index (χ1n) is 5.51. The van der Waals surface area contributed by atoms with E-state index >= 15 is 0 Å². The van der Waals surface area contributed by atoms with Crippen molar-refractivity contribution in [2.45, 2.75) is 38.8 Å². The van der Waals surface area contributed by atoms with Gasteiger partial charge in [-0.2, -0.15) is 0 Å². The van der Waals surface area contributed by atoms with Gasteiger partial charge in [-0.1, -0.05) is 0 Å². The Balaban J connectivity index is 2.38. The van der Waals surface area contributed by atoms with E-state index in [9.17, 15) is 0 Å². The third-order valence-electron chi connectivity index (χ3n) is 2.54. The van der Waals surface area contributed by atoms with Crippen LogP contribution in [0.3, 0.4) is 0 Å². The van der Waals surface area contributed by atoms with Crippen molar-refractivity contribution in [3.05, 3.63) is 30.1 Å². The van der Waals surface area contributed by atoms with E-state index in [1.807, 2.05) is 24.5 Å². The van der Waals surface area contributed by atoms with Gasteiger partial charge in [0.2, 0.25) is 0 Å². The summed E-state index contributed by atoms with van der Waals surface area (Å²) < 4.78 is 0. The van der Waals surface area contributed by atoms with Gasteiger partial charge in [-0.25, -0.2) is 0 Å². The van der Waals surface area contributed by atoms with Crippen LogP contribution in [-0.2, 0) is 0 Å². The highest BCUT2D eigenvalue weighted by Crippen LogP contribution is 2.12. The number of hydrogen-bond donors (Lipinski definition) is 2. The van der Waals surface area contributed by atoms with Crippen LogP contribution in [0.4, 0.5) is 0 Å². The fourth-order valence-electron chi connectivity index (χ4n) is 1.66. The highest BCUT2D eigenvalue weighted by atomic mass is 16.2. The van der Waals surface area contributed by atoms with E-state index in [1.54, 1.807) is 0 Å². The average molecular weight is 208 g/mol. The molecule has 2 atom stereocenters. The lowest BCUT2D eigenvalue weighted by molar-refractivity contribution is 0.274. The van der Waals surface area contributed by atoms with Crippen LogP contribution in [0, 0.1) is 0 Å². The van der Waals surface area contributed by atoms with Crippen LogP contribution >= 0.6 is 0 Å². The van der Waals surface area contributed by atoms with Crippen LogP contribution in [0.25, 0.3) is 0 Å². The Bertz CT molecular complexity index is 264. The number of aliphatic hydroxyl groups is 1. The van der Waals surface area contributed by atoms with E-state index in [4.69, 9.17) is 5.11 Å². The molecule has 1 rings (SSSR count). The molecule has 0 spiro atoms. The number of pyridine rings is 1. The lowest BCUT2D eigenvalue weighted by Gasteiger charge is -2.19. The van der Waals surface area contributed by atoms with Crippen LogP contribution in [0.5, 0.6) is 0 Å². The molecule has 15 heavy (non-hydrogen) atoms. The fourth-order valence-corrected chi connectivity index (χ4v) is 1.66. The van der Waals surface area contributed by atoms with Crippen molar-refractivity contribution in [3.63, 3.8) is 0 Å². The summed E-state index contributed by atoms with van der Waals surface area (Å²) in [5, 5.41) is 12.2. The molecule has 1 heterocycles. The molecule has 0 fully saturated rings. The van der Waals surface area contributed by atoms with Gasteiger partial charge in [0.25, 0.3) is 0 Å². The van der Waals surface area contributed by atoms with E-state index in [1.165, 1.54) is 5.56 Å². The maximum atomic E-state index is 8.73. The molecular formula is C12H20N2O. The van der Waals surface area contributed by atoms with Gasteiger partial charge in [-0.3, -0.25) is 4.98 Å². The molecule has 3 nitrogen and oxygen atoms in total. The molecule has 0 bridgehead atoms. The molecule has 1 aromatic rings. The summed E-state index contributed by atoms with van der Waals surface area (Å²) in [7, 11) is 0. The van der Waals surface area contributed by atoms with Crippen molar-refractivity contribution in [1.29, 1.82) is 0 Å². The standard InChI is InChI=1S/C12H20N2O/c1-10(4-3-9-15)14-11(2)12-5-7-13-8-6-12/h5-8,10-11,14-15H,3-4,9H2,1-2H3/t10-,11-/m1/s1. The molecule has 0 aliphatic rings. The Morgan fingerprint density at radius 1 is 1.33 bits per heavy atom. The number of aliphatic hydroxyl groups excluding tert-OH is 1. The molecule has 3 heteroatoms. The molecule has 1 aromatic heterocycles. The van der Waals surface area contributed by atoms with Crippen molar-refractivity contribution in [1.82, 2.24) is 10.3 Å². The lowest BCUT2D eigenvalue weighted by atomic mass is 10.1. The summed E-state index contributed by atoms with van der Waals surface area (Å²) in [6.45, 7) is 4.56. The van der Waals surface area contributed by atoms with Crippen LogP contribution in [0.2, 0.25) is 0 Å². The zero-order valence-corrected chi connectivity index (χ0v) is 9.48. The predicted octanol–water partition coefficient (Wildman–Crippen LogP) is 1.89. The monoisotopic (exact) mass is 208 g/mol. The molecule has 0 saturated carbocycles. The van der Waals surface area contributed by atoms with Gasteiger partial charge in [-0.15, -0.1) is 0 Å². The number of rotatable bonds is 6. The Morgan fingerprint density at radius 3 is 2.60 bits per heavy atom. The molecule has 0 amide bonds. The number of nitrogens with zero attached hydrogens (tertiary/aromatic N) is 1. The predicted molar refractivity (Wildman–Crippen MR) is 61.6 cm³/mol. The Labute approximate surface area is 91.5 Å². The molecular weight excluding hydrogens is 188 g/mol. The van der Waals surface area contributed by atoms with E-state index in [-0.39, 0.29) is 6.61 Å². The van der Waals surface area contributed by atoms with Gasteiger partial charge in [0.15, 0.2) is 0 Å². The van der Waals surface area contributed by atoms with Crippen molar-refractivity contribution in [2.75, 3.05) is 6.61 Å². The van der Waals surface area contributed by atoms with Gasteiger partial charge in [-0.05, 0) is 44.4 Å². The largest absolute Gasteiger partial charge is 0.396 e. The zero-order chi connectivity index (χ0) is 11.1. The summed E-state index contributed by atoms with van der Waals surface area (Å²) >= 11 is 0. The highest BCUT2D eigenvalue weighted by Gasteiger charge is 2.08. The topological polar surface area (TPSA) is 45.1 Å². The average Bonchev–Trinajstić information content (AvgIpc) is 2.27. The molecule has 0 saturated heterocycles. The highest BCUT2D eigenvalue weighted by molar-refractivity contribution is 5.14. The van der Waals surface area contributed by atoms with Crippen molar-refractivity contribution in [3.8, 4) is 0 Å². The van der Waals surface area contributed by atoms with Gasteiger partial charge in [0.05, 0.1) is 0 Å². The number of aromatic nitrogens is 1. The van der Waals surface area contributed by atoms with Crippen molar-refractivity contribution < 1.29 is 5.11 Å². The maximum Gasteiger partial charge on any atom is 0.0431 e. The first-order valence-corrected chi connectivity index (χ1v) is 5.51. The molecule has 0 aliphatic heterocycles. The molecule has 0 unspecified atom stereocenters. The molecule has 0 radical (unpaired) electrons. The number of hydrogen-bond acceptors (Lipinski definition) is 3. The second-order valence-electron chi connectivity index (χ2n) is 3.94. The van der Waals surface area contributed by atoms with E-state index in [0.717, 1.165) is 12.8 Å². The lowest BCUT2D eigenvalue weighted by Crippen LogP contribution is -2.29. The minimum Gasteiger partial charge on any atom is -0.396 e. The maximum absolute atomic E-state index is 8.73. The van der Waals surface area contributed by atoms with Crippen LogP contribution < -0.4 is 5.32 Å². The van der Waals surface area contributed by atoms with Gasteiger partial charge in [0.1, 0.15) is 0 Å². The summed E-state index contributed by atoms with van der Waals surface area (Å²) in [6.07, 6.45) is 5.49. The summed E-state index contributed by atoms with van der Waals surface area (Å²) in [5.74, 6) is 0. The van der Waals surface area contributed by atoms with Gasteiger partial charge >= 0.3 is 0 Å². The van der Waals surface area contributed by atoms with Crippen LogP contribution in [0.15, 0.2) is 24.5 Å². The molecule has 2 N–H and O–H groups in total. The summed E-state index contributed by atoms with van der Waals surface area (Å²) in [5.41, 5.74) is 1.25. The van der Waals surface area contributed by atoms with Gasteiger partial charge < -0.3 is 10.4 Å².